The highest BCUT2D eigenvalue weighted by Crippen LogP contribution is 2.24. The Morgan fingerprint density at radius 1 is 1.25 bits per heavy atom. The first-order chi connectivity index (χ1) is 7.65. The molecule has 1 aliphatic rings. The molecule has 1 aliphatic carbocycles. The van der Waals surface area contributed by atoms with Crippen LogP contribution in [0.15, 0.2) is 41.9 Å². The van der Waals surface area contributed by atoms with Crippen LogP contribution in [0.2, 0.25) is 0 Å². The van der Waals surface area contributed by atoms with Crippen molar-refractivity contribution in [1.29, 1.82) is 0 Å². The lowest BCUT2D eigenvalue weighted by Gasteiger charge is -2.15. The minimum absolute atomic E-state index is 0.0371. The second-order valence-electron chi connectivity index (χ2n) is 3.89. The van der Waals surface area contributed by atoms with Crippen molar-refractivity contribution >= 4 is 28.3 Å². The standard InChI is InChI=1S/C13H13FIN/c1-9-8-11(15)4-7-13(9)16-12-5-2-10(14)3-6-12/h2,4-5,7-8,16H,3,6H2,1H3. The van der Waals surface area contributed by atoms with Crippen LogP contribution in [0.25, 0.3) is 0 Å². The quantitative estimate of drug-likeness (QED) is 0.786. The van der Waals surface area contributed by atoms with Crippen LogP contribution in [0.5, 0.6) is 0 Å². The zero-order valence-electron chi connectivity index (χ0n) is 9.06. The molecule has 0 aliphatic heterocycles. The van der Waals surface area contributed by atoms with Gasteiger partial charge in [0, 0.05) is 21.4 Å². The van der Waals surface area contributed by atoms with Gasteiger partial charge in [0.1, 0.15) is 5.83 Å². The lowest BCUT2D eigenvalue weighted by molar-refractivity contribution is 0.582. The lowest BCUT2D eigenvalue weighted by Crippen LogP contribution is -2.03. The van der Waals surface area contributed by atoms with Crippen LogP contribution >= 0.6 is 22.6 Å². The molecule has 1 nitrogen and oxygen atoms in total. The van der Waals surface area contributed by atoms with Gasteiger partial charge in [0.2, 0.25) is 0 Å². The van der Waals surface area contributed by atoms with Gasteiger partial charge < -0.3 is 5.32 Å². The van der Waals surface area contributed by atoms with E-state index in [0.29, 0.717) is 6.42 Å². The van der Waals surface area contributed by atoms with Gasteiger partial charge in [0.25, 0.3) is 0 Å². The normalized spacial score (nSPS) is 15.4. The molecule has 0 aromatic heterocycles. The highest BCUT2D eigenvalue weighted by Gasteiger charge is 2.07. The van der Waals surface area contributed by atoms with Crippen molar-refractivity contribution in [2.75, 3.05) is 5.32 Å². The Labute approximate surface area is 109 Å². The fraction of sp³-hybridized carbons (Fsp3) is 0.231. The number of nitrogens with one attached hydrogen (secondary N) is 1. The smallest absolute Gasteiger partial charge is 0.100 e. The molecule has 1 N–H and O–H groups in total. The number of benzene rings is 1. The lowest BCUT2D eigenvalue weighted by atomic mass is 10.1. The highest BCUT2D eigenvalue weighted by atomic mass is 127. The largest absolute Gasteiger partial charge is 0.359 e. The molecule has 0 atom stereocenters. The second kappa shape index (κ2) is 4.99. The number of allylic oxidation sites excluding steroid dienone is 4. The summed E-state index contributed by atoms with van der Waals surface area (Å²) in [6.07, 6.45) is 4.60. The summed E-state index contributed by atoms with van der Waals surface area (Å²) < 4.78 is 14.0. The summed E-state index contributed by atoms with van der Waals surface area (Å²) in [5.41, 5.74) is 3.39. The number of aryl methyl sites for hydroxylation is 1. The predicted molar refractivity (Wildman–Crippen MR) is 74.0 cm³/mol. The van der Waals surface area contributed by atoms with Crippen molar-refractivity contribution in [2.45, 2.75) is 19.8 Å². The molecule has 0 heterocycles. The summed E-state index contributed by atoms with van der Waals surface area (Å²) >= 11 is 2.29. The Bertz CT molecular complexity index is 463. The van der Waals surface area contributed by atoms with Crippen molar-refractivity contribution < 1.29 is 4.39 Å². The Hall–Kier alpha value is -0.840. The maximum absolute atomic E-state index is 12.8. The number of anilines is 1. The van der Waals surface area contributed by atoms with Gasteiger partial charge in [-0.05, 0) is 71.9 Å². The van der Waals surface area contributed by atoms with Gasteiger partial charge in [0.05, 0.1) is 0 Å². The van der Waals surface area contributed by atoms with E-state index in [9.17, 15) is 4.39 Å². The summed E-state index contributed by atoms with van der Waals surface area (Å²) in [6, 6.07) is 6.25. The first kappa shape index (κ1) is 11.6. The topological polar surface area (TPSA) is 12.0 Å². The first-order valence-corrected chi connectivity index (χ1v) is 6.31. The van der Waals surface area contributed by atoms with E-state index in [2.05, 4.69) is 53.0 Å². The molecule has 0 spiro atoms. The van der Waals surface area contributed by atoms with Gasteiger partial charge in [-0.25, -0.2) is 4.39 Å². The average molecular weight is 329 g/mol. The molecule has 0 saturated carbocycles. The average Bonchev–Trinajstić information content (AvgIpc) is 2.25. The third-order valence-corrected chi connectivity index (χ3v) is 3.25. The van der Waals surface area contributed by atoms with Crippen LogP contribution in [0, 0.1) is 10.5 Å². The van der Waals surface area contributed by atoms with Gasteiger partial charge >= 0.3 is 0 Å². The number of hydrogen-bond donors (Lipinski definition) is 1. The summed E-state index contributed by atoms with van der Waals surface area (Å²) in [7, 11) is 0. The highest BCUT2D eigenvalue weighted by molar-refractivity contribution is 14.1. The fourth-order valence-corrected chi connectivity index (χ4v) is 2.30. The van der Waals surface area contributed by atoms with E-state index in [4.69, 9.17) is 0 Å². The van der Waals surface area contributed by atoms with E-state index in [1.165, 1.54) is 15.2 Å². The van der Waals surface area contributed by atoms with E-state index >= 15 is 0 Å². The SMILES string of the molecule is Cc1cc(I)ccc1NC1=CC=C(F)CC1. The van der Waals surface area contributed by atoms with Crippen LogP contribution in [0.4, 0.5) is 10.1 Å². The summed E-state index contributed by atoms with van der Waals surface area (Å²) in [5, 5.41) is 3.34. The van der Waals surface area contributed by atoms with E-state index in [1.807, 2.05) is 6.08 Å². The molecule has 0 bridgehead atoms. The van der Waals surface area contributed by atoms with Crippen molar-refractivity contribution in [1.82, 2.24) is 0 Å². The molecule has 16 heavy (non-hydrogen) atoms. The second-order valence-corrected chi connectivity index (χ2v) is 5.14. The Kier molecular flexibility index (Phi) is 3.63. The molecule has 0 radical (unpaired) electrons. The molecule has 1 aromatic rings. The van der Waals surface area contributed by atoms with Gasteiger partial charge in [-0.15, -0.1) is 0 Å². The molecule has 0 unspecified atom stereocenters. The summed E-state index contributed by atoms with van der Waals surface area (Å²) in [6.45, 7) is 2.07. The Morgan fingerprint density at radius 3 is 2.69 bits per heavy atom. The maximum atomic E-state index is 12.8. The van der Waals surface area contributed by atoms with Crippen LogP contribution in [-0.2, 0) is 0 Å². The molecular weight excluding hydrogens is 316 g/mol. The van der Waals surface area contributed by atoms with Crippen LogP contribution in [0.1, 0.15) is 18.4 Å². The Morgan fingerprint density at radius 2 is 2.06 bits per heavy atom. The molecule has 1 aromatic carbocycles. The third kappa shape index (κ3) is 2.84. The summed E-state index contributed by atoms with van der Waals surface area (Å²) in [4.78, 5) is 0. The molecule has 3 heteroatoms. The van der Waals surface area contributed by atoms with Crippen LogP contribution in [0.3, 0.4) is 0 Å². The van der Waals surface area contributed by atoms with Gasteiger partial charge in [-0.2, -0.15) is 0 Å². The van der Waals surface area contributed by atoms with E-state index < -0.39 is 0 Å². The molecule has 2 rings (SSSR count). The van der Waals surface area contributed by atoms with Gasteiger partial charge in [-0.3, -0.25) is 0 Å². The van der Waals surface area contributed by atoms with Crippen molar-refractivity contribution in [3.63, 3.8) is 0 Å². The van der Waals surface area contributed by atoms with Gasteiger partial charge in [-0.1, -0.05) is 0 Å². The first-order valence-electron chi connectivity index (χ1n) is 5.23. The maximum Gasteiger partial charge on any atom is 0.100 e. The third-order valence-electron chi connectivity index (χ3n) is 2.58. The van der Waals surface area contributed by atoms with Crippen LogP contribution < -0.4 is 5.32 Å². The Balaban J connectivity index is 2.15. The zero-order chi connectivity index (χ0) is 11.5. The zero-order valence-corrected chi connectivity index (χ0v) is 11.2. The molecule has 0 amide bonds. The summed E-state index contributed by atoms with van der Waals surface area (Å²) in [5.74, 6) is -0.0371. The number of hydrogen-bond acceptors (Lipinski definition) is 1. The minimum atomic E-state index is -0.0371. The predicted octanol–water partition coefficient (Wildman–Crippen LogP) is 4.54. The van der Waals surface area contributed by atoms with Crippen molar-refractivity contribution in [3.05, 3.63) is 51.0 Å². The molecule has 0 saturated heterocycles. The monoisotopic (exact) mass is 329 g/mol. The van der Waals surface area contributed by atoms with Crippen LogP contribution in [-0.4, -0.2) is 0 Å². The van der Waals surface area contributed by atoms with E-state index in [1.54, 1.807) is 0 Å². The minimum Gasteiger partial charge on any atom is -0.359 e. The molecule has 84 valence electrons. The molecular formula is C13H13FIN. The molecule has 0 fully saturated rings. The van der Waals surface area contributed by atoms with E-state index in [-0.39, 0.29) is 5.83 Å². The van der Waals surface area contributed by atoms with Crippen molar-refractivity contribution in [3.8, 4) is 0 Å². The number of rotatable bonds is 2. The number of halogens is 2. The van der Waals surface area contributed by atoms with E-state index in [0.717, 1.165) is 17.8 Å². The fourth-order valence-electron chi connectivity index (χ4n) is 1.66. The van der Waals surface area contributed by atoms with Crippen molar-refractivity contribution in [2.24, 2.45) is 0 Å². The van der Waals surface area contributed by atoms with Gasteiger partial charge in [0.15, 0.2) is 0 Å².